The molecule has 1 fully saturated rings. The number of nitrogens with zero attached hydrogens (tertiary/aromatic N) is 3. The highest BCUT2D eigenvalue weighted by molar-refractivity contribution is 7.15. The number of carbonyl (C=O) groups excluding carboxylic acids is 2. The second kappa shape index (κ2) is 9.07. The Balaban J connectivity index is 1.41. The molecule has 1 saturated heterocycles. The Morgan fingerprint density at radius 3 is 2.59 bits per heavy atom. The summed E-state index contributed by atoms with van der Waals surface area (Å²) < 4.78 is 0. The van der Waals surface area contributed by atoms with Crippen molar-refractivity contribution in [1.82, 2.24) is 14.8 Å². The molecule has 1 aromatic carbocycles. The number of aryl methyl sites for hydroxylation is 1. The van der Waals surface area contributed by atoms with Crippen LogP contribution in [0, 0.1) is 6.92 Å². The molecule has 0 radical (unpaired) electrons. The minimum Gasteiger partial charge on any atom is -0.325 e. The minimum atomic E-state index is -0.103. The number of hydrogen-bond acceptors (Lipinski definition) is 6. The van der Waals surface area contributed by atoms with E-state index in [1.54, 1.807) is 0 Å². The highest BCUT2D eigenvalue weighted by atomic mass is 32.1. The van der Waals surface area contributed by atoms with Crippen molar-refractivity contribution in [2.24, 2.45) is 0 Å². The Morgan fingerprint density at radius 1 is 1.15 bits per heavy atom. The number of anilines is 2. The van der Waals surface area contributed by atoms with Crippen LogP contribution >= 0.6 is 11.3 Å². The highest BCUT2D eigenvalue weighted by Crippen LogP contribution is 2.20. The van der Waals surface area contributed by atoms with Gasteiger partial charge in [0.1, 0.15) is 0 Å². The van der Waals surface area contributed by atoms with E-state index in [2.05, 4.69) is 25.4 Å². The predicted octanol–water partition coefficient (Wildman–Crippen LogP) is 2.17. The molecule has 2 amide bonds. The van der Waals surface area contributed by atoms with Gasteiger partial charge in [-0.1, -0.05) is 12.1 Å². The Hall–Kier alpha value is -2.29. The van der Waals surface area contributed by atoms with E-state index in [4.69, 9.17) is 0 Å². The van der Waals surface area contributed by atoms with Crippen LogP contribution in [0.4, 0.5) is 10.8 Å². The Labute approximate surface area is 163 Å². The van der Waals surface area contributed by atoms with Crippen molar-refractivity contribution >= 4 is 34.0 Å². The van der Waals surface area contributed by atoms with Crippen LogP contribution in [0.2, 0.25) is 0 Å². The van der Waals surface area contributed by atoms with Crippen molar-refractivity contribution < 1.29 is 9.59 Å². The van der Waals surface area contributed by atoms with E-state index in [0.29, 0.717) is 11.7 Å². The number of thiazole rings is 1. The molecule has 0 bridgehead atoms. The number of piperazine rings is 1. The lowest BCUT2D eigenvalue weighted by Crippen LogP contribution is -2.48. The van der Waals surface area contributed by atoms with Crippen LogP contribution in [0.3, 0.4) is 0 Å². The maximum absolute atomic E-state index is 12.2. The first kappa shape index (κ1) is 19.5. The maximum atomic E-state index is 12.2. The number of rotatable bonds is 6. The molecule has 2 heterocycles. The topological polar surface area (TPSA) is 77.6 Å². The number of benzene rings is 1. The fourth-order valence-corrected chi connectivity index (χ4v) is 3.94. The summed E-state index contributed by atoms with van der Waals surface area (Å²) >= 11 is 1.51. The standard InChI is InChI=1S/C19H25N5O2S/c1-14-4-3-5-16(10-14)22-18(26)13-24-8-6-23(7-9-24)12-17-11-20-19(27-17)21-15(2)25/h3-5,10-11H,6-9,12-13H2,1-2H3,(H,22,26)(H,20,21,25). The monoisotopic (exact) mass is 387 g/mol. The molecule has 27 heavy (non-hydrogen) atoms. The van der Waals surface area contributed by atoms with Crippen LogP contribution in [-0.4, -0.2) is 59.3 Å². The molecule has 3 rings (SSSR count). The molecule has 0 atom stereocenters. The van der Waals surface area contributed by atoms with Crippen molar-refractivity contribution in [3.63, 3.8) is 0 Å². The summed E-state index contributed by atoms with van der Waals surface area (Å²) in [6, 6.07) is 7.84. The summed E-state index contributed by atoms with van der Waals surface area (Å²) in [7, 11) is 0. The van der Waals surface area contributed by atoms with Gasteiger partial charge in [-0.3, -0.25) is 19.4 Å². The lowest BCUT2D eigenvalue weighted by atomic mass is 10.2. The van der Waals surface area contributed by atoms with Gasteiger partial charge in [0.05, 0.1) is 6.54 Å². The van der Waals surface area contributed by atoms with Gasteiger partial charge >= 0.3 is 0 Å². The molecule has 0 aliphatic carbocycles. The molecular weight excluding hydrogens is 362 g/mol. The summed E-state index contributed by atoms with van der Waals surface area (Å²) in [5.74, 6) is -0.0788. The lowest BCUT2D eigenvalue weighted by Gasteiger charge is -2.33. The molecule has 0 spiro atoms. The van der Waals surface area contributed by atoms with E-state index < -0.39 is 0 Å². The molecule has 144 valence electrons. The van der Waals surface area contributed by atoms with E-state index in [9.17, 15) is 9.59 Å². The summed E-state index contributed by atoms with van der Waals surface area (Å²) in [5, 5.41) is 6.32. The fraction of sp³-hybridized carbons (Fsp3) is 0.421. The molecule has 2 aromatic rings. The van der Waals surface area contributed by atoms with Gasteiger partial charge in [0.15, 0.2) is 5.13 Å². The average Bonchev–Trinajstić information content (AvgIpc) is 3.02. The minimum absolute atomic E-state index is 0.0245. The van der Waals surface area contributed by atoms with E-state index in [1.807, 2.05) is 37.4 Å². The van der Waals surface area contributed by atoms with Crippen molar-refractivity contribution in [2.75, 3.05) is 43.4 Å². The molecule has 7 nitrogen and oxygen atoms in total. The number of amides is 2. The highest BCUT2D eigenvalue weighted by Gasteiger charge is 2.20. The van der Waals surface area contributed by atoms with Gasteiger partial charge in [-0.2, -0.15) is 0 Å². The number of aromatic nitrogens is 1. The molecule has 1 aliphatic heterocycles. The Morgan fingerprint density at radius 2 is 1.89 bits per heavy atom. The van der Waals surface area contributed by atoms with Crippen LogP contribution < -0.4 is 10.6 Å². The van der Waals surface area contributed by atoms with Crippen LogP contribution in [0.25, 0.3) is 0 Å². The largest absolute Gasteiger partial charge is 0.325 e. The van der Waals surface area contributed by atoms with Crippen molar-refractivity contribution in [3.05, 3.63) is 40.9 Å². The molecule has 1 aromatic heterocycles. The molecule has 2 N–H and O–H groups in total. The first-order chi connectivity index (χ1) is 13.0. The van der Waals surface area contributed by atoms with E-state index in [-0.39, 0.29) is 11.8 Å². The quantitative estimate of drug-likeness (QED) is 0.794. The van der Waals surface area contributed by atoms with E-state index in [0.717, 1.165) is 48.9 Å². The van der Waals surface area contributed by atoms with E-state index in [1.165, 1.54) is 18.3 Å². The average molecular weight is 388 g/mol. The zero-order valence-corrected chi connectivity index (χ0v) is 16.5. The normalized spacial score (nSPS) is 15.5. The number of carbonyl (C=O) groups is 2. The Bertz CT molecular complexity index is 799. The smallest absolute Gasteiger partial charge is 0.238 e. The van der Waals surface area contributed by atoms with Gasteiger partial charge in [0, 0.05) is 56.4 Å². The van der Waals surface area contributed by atoms with Gasteiger partial charge in [0.2, 0.25) is 11.8 Å². The Kier molecular flexibility index (Phi) is 6.54. The molecule has 1 aliphatic rings. The number of hydrogen-bond donors (Lipinski definition) is 2. The zero-order chi connectivity index (χ0) is 19.2. The van der Waals surface area contributed by atoms with Crippen LogP contribution in [0.5, 0.6) is 0 Å². The third-order valence-electron chi connectivity index (χ3n) is 4.35. The van der Waals surface area contributed by atoms with Gasteiger partial charge in [-0.05, 0) is 24.6 Å². The second-order valence-electron chi connectivity index (χ2n) is 6.78. The molecular formula is C19H25N5O2S. The van der Waals surface area contributed by atoms with Crippen molar-refractivity contribution in [2.45, 2.75) is 20.4 Å². The maximum Gasteiger partial charge on any atom is 0.238 e. The fourth-order valence-electron chi connectivity index (χ4n) is 3.04. The van der Waals surface area contributed by atoms with Crippen LogP contribution in [0.1, 0.15) is 17.4 Å². The summed E-state index contributed by atoms with van der Waals surface area (Å²) in [6.07, 6.45) is 1.82. The third-order valence-corrected chi connectivity index (χ3v) is 5.25. The first-order valence-corrected chi connectivity index (χ1v) is 9.83. The van der Waals surface area contributed by atoms with Gasteiger partial charge in [0.25, 0.3) is 0 Å². The SMILES string of the molecule is CC(=O)Nc1ncc(CN2CCN(CC(=O)Nc3cccc(C)c3)CC2)s1. The molecule has 0 saturated carbocycles. The number of nitrogens with one attached hydrogen (secondary N) is 2. The summed E-state index contributed by atoms with van der Waals surface area (Å²) in [6.45, 7) is 8.26. The van der Waals surface area contributed by atoms with Crippen molar-refractivity contribution in [1.29, 1.82) is 0 Å². The predicted molar refractivity (Wildman–Crippen MR) is 108 cm³/mol. The van der Waals surface area contributed by atoms with Gasteiger partial charge in [-0.25, -0.2) is 4.98 Å². The van der Waals surface area contributed by atoms with E-state index >= 15 is 0 Å². The molecule has 8 heteroatoms. The van der Waals surface area contributed by atoms with Crippen LogP contribution in [-0.2, 0) is 16.1 Å². The molecule has 0 unspecified atom stereocenters. The third kappa shape index (κ3) is 6.13. The summed E-state index contributed by atoms with van der Waals surface area (Å²) in [4.78, 5) is 33.2. The lowest BCUT2D eigenvalue weighted by molar-refractivity contribution is -0.117. The van der Waals surface area contributed by atoms with Gasteiger partial charge in [-0.15, -0.1) is 11.3 Å². The summed E-state index contributed by atoms with van der Waals surface area (Å²) in [5.41, 5.74) is 1.98. The zero-order valence-electron chi connectivity index (χ0n) is 15.7. The second-order valence-corrected chi connectivity index (χ2v) is 7.90. The van der Waals surface area contributed by atoms with Crippen LogP contribution in [0.15, 0.2) is 30.5 Å². The first-order valence-electron chi connectivity index (χ1n) is 9.01. The van der Waals surface area contributed by atoms with Gasteiger partial charge < -0.3 is 10.6 Å². The van der Waals surface area contributed by atoms with Crippen molar-refractivity contribution in [3.8, 4) is 0 Å².